The smallest absolute Gasteiger partial charge is 0.162 e. The molecule has 0 bridgehead atoms. The van der Waals surface area contributed by atoms with Crippen molar-refractivity contribution in [1.82, 2.24) is 10.3 Å². The Bertz CT molecular complexity index is 515. The Hall–Kier alpha value is -2.08. The highest BCUT2D eigenvalue weighted by Gasteiger charge is 2.10. The fourth-order valence-corrected chi connectivity index (χ4v) is 1.95. The summed E-state index contributed by atoms with van der Waals surface area (Å²) >= 11 is 0. The lowest BCUT2D eigenvalue weighted by Crippen LogP contribution is -2.43. The van der Waals surface area contributed by atoms with Crippen LogP contribution in [-0.2, 0) is 0 Å². The number of nitrogens with one attached hydrogen (secondary N) is 1. The highest BCUT2D eigenvalue weighted by Crippen LogP contribution is 2.18. The minimum absolute atomic E-state index is 0.236. The van der Waals surface area contributed by atoms with Crippen LogP contribution in [0.3, 0.4) is 0 Å². The van der Waals surface area contributed by atoms with Crippen LogP contribution in [0.1, 0.15) is 6.92 Å². The van der Waals surface area contributed by atoms with Crippen LogP contribution in [0.2, 0.25) is 0 Å². The van der Waals surface area contributed by atoms with Gasteiger partial charge in [-0.1, -0.05) is 0 Å². The summed E-state index contributed by atoms with van der Waals surface area (Å²) in [6.07, 6.45) is 2.80. The predicted octanol–water partition coefficient (Wildman–Crippen LogP) is 2.10. The second-order valence-corrected chi connectivity index (χ2v) is 4.47. The molecule has 1 aromatic heterocycles. The van der Waals surface area contributed by atoms with Crippen molar-refractivity contribution in [2.24, 2.45) is 9.98 Å². The van der Waals surface area contributed by atoms with Gasteiger partial charge in [-0.25, -0.2) is 14.4 Å². The number of aliphatic imine (C=N–C) groups is 2. The van der Waals surface area contributed by atoms with Gasteiger partial charge in [-0.15, -0.1) is 0 Å². The number of halogens is 1. The molecular weight excluding hydrogens is 257 g/mol. The maximum absolute atomic E-state index is 13.4. The molecule has 0 radical (unpaired) electrons. The van der Waals surface area contributed by atoms with Crippen molar-refractivity contribution in [3.05, 3.63) is 30.4 Å². The molecule has 1 fully saturated rings. The summed E-state index contributed by atoms with van der Waals surface area (Å²) in [5, 5.41) is 3.30. The van der Waals surface area contributed by atoms with Gasteiger partial charge in [0.1, 0.15) is 0 Å². The van der Waals surface area contributed by atoms with Crippen LogP contribution < -0.4 is 10.2 Å². The van der Waals surface area contributed by atoms with Gasteiger partial charge in [0.2, 0.25) is 0 Å². The summed E-state index contributed by atoms with van der Waals surface area (Å²) in [5.41, 5.74) is 1.30. The number of nitrogens with zero attached hydrogens (tertiary/aromatic N) is 4. The van der Waals surface area contributed by atoms with Crippen molar-refractivity contribution in [1.29, 1.82) is 0 Å². The monoisotopic (exact) mass is 275 g/mol. The van der Waals surface area contributed by atoms with Crippen LogP contribution in [0.15, 0.2) is 40.3 Å². The van der Waals surface area contributed by atoms with Crippen LogP contribution in [0.25, 0.3) is 0 Å². The standard InChI is InChI=1S/C14H18FN5/c1-11(13(15)10-16-2)19-14-4-3-12(9-18-14)20-7-5-17-6-8-20/h3-4,9-10,17H,2,5-8H2,1H3/b13-10+,19-11?. The molecule has 106 valence electrons. The Kier molecular flexibility index (Phi) is 4.95. The first-order valence-corrected chi connectivity index (χ1v) is 6.49. The van der Waals surface area contributed by atoms with Crippen LogP contribution in [0, 0.1) is 0 Å². The molecule has 1 aromatic rings. The molecule has 0 unspecified atom stereocenters. The van der Waals surface area contributed by atoms with Crippen LogP contribution in [0.5, 0.6) is 0 Å². The SMILES string of the molecule is C=N/C=C(/F)C(C)=Nc1ccc(N2CCNCC2)cn1. The van der Waals surface area contributed by atoms with Gasteiger partial charge in [0.25, 0.3) is 0 Å². The Morgan fingerprint density at radius 1 is 1.45 bits per heavy atom. The van der Waals surface area contributed by atoms with Crippen molar-refractivity contribution < 1.29 is 4.39 Å². The Balaban J connectivity index is 2.09. The van der Waals surface area contributed by atoms with Crippen LogP contribution >= 0.6 is 0 Å². The molecule has 6 heteroatoms. The summed E-state index contributed by atoms with van der Waals surface area (Å²) in [7, 11) is 0. The van der Waals surface area contributed by atoms with E-state index in [-0.39, 0.29) is 5.71 Å². The average Bonchev–Trinajstić information content (AvgIpc) is 2.49. The lowest BCUT2D eigenvalue weighted by molar-refractivity contribution is 0.589. The third-order valence-electron chi connectivity index (χ3n) is 3.05. The third-order valence-corrected chi connectivity index (χ3v) is 3.05. The number of allylic oxidation sites excluding steroid dienone is 1. The molecule has 0 spiro atoms. The topological polar surface area (TPSA) is 52.9 Å². The second kappa shape index (κ2) is 6.91. The maximum atomic E-state index is 13.4. The van der Waals surface area contributed by atoms with Gasteiger partial charge in [-0.2, -0.15) is 0 Å². The number of rotatable bonds is 4. The van der Waals surface area contributed by atoms with E-state index in [2.05, 4.69) is 31.9 Å². The minimum atomic E-state index is -0.506. The van der Waals surface area contributed by atoms with E-state index >= 15 is 0 Å². The van der Waals surface area contributed by atoms with Crippen molar-refractivity contribution in [2.45, 2.75) is 6.92 Å². The minimum Gasteiger partial charge on any atom is -0.368 e. The zero-order chi connectivity index (χ0) is 14.4. The van der Waals surface area contributed by atoms with Gasteiger partial charge in [0.05, 0.1) is 23.8 Å². The average molecular weight is 275 g/mol. The molecule has 0 aromatic carbocycles. The molecule has 2 heterocycles. The number of hydrogen-bond donors (Lipinski definition) is 1. The van der Waals surface area contributed by atoms with E-state index in [1.54, 1.807) is 19.2 Å². The molecule has 2 rings (SSSR count). The highest BCUT2D eigenvalue weighted by molar-refractivity contribution is 5.97. The fourth-order valence-electron chi connectivity index (χ4n) is 1.95. The summed E-state index contributed by atoms with van der Waals surface area (Å²) < 4.78 is 13.4. The van der Waals surface area contributed by atoms with Gasteiger partial charge in [0.15, 0.2) is 11.6 Å². The molecule has 1 saturated heterocycles. The van der Waals surface area contributed by atoms with E-state index in [0.717, 1.165) is 38.1 Å². The lowest BCUT2D eigenvalue weighted by atomic mass is 10.3. The summed E-state index contributed by atoms with van der Waals surface area (Å²) in [6, 6.07) is 3.74. The Morgan fingerprint density at radius 2 is 2.20 bits per heavy atom. The molecule has 0 atom stereocenters. The Morgan fingerprint density at radius 3 is 2.80 bits per heavy atom. The number of hydrogen-bond acceptors (Lipinski definition) is 5. The van der Waals surface area contributed by atoms with Crippen LogP contribution in [-0.4, -0.2) is 43.6 Å². The van der Waals surface area contributed by atoms with Crippen LogP contribution in [0.4, 0.5) is 15.9 Å². The largest absolute Gasteiger partial charge is 0.368 e. The van der Waals surface area contributed by atoms with E-state index in [1.807, 2.05) is 6.07 Å². The normalized spacial score (nSPS) is 17.2. The zero-order valence-electron chi connectivity index (χ0n) is 11.5. The van der Waals surface area contributed by atoms with E-state index in [4.69, 9.17) is 0 Å². The number of anilines is 1. The third kappa shape index (κ3) is 3.71. The first-order valence-electron chi connectivity index (χ1n) is 6.49. The predicted molar refractivity (Wildman–Crippen MR) is 80.8 cm³/mol. The van der Waals surface area contributed by atoms with Crippen molar-refractivity contribution in [3.63, 3.8) is 0 Å². The summed E-state index contributed by atoms with van der Waals surface area (Å²) in [6.45, 7) is 8.66. The van der Waals surface area contributed by atoms with E-state index in [0.29, 0.717) is 5.82 Å². The van der Waals surface area contributed by atoms with Crippen molar-refractivity contribution in [3.8, 4) is 0 Å². The number of aromatic nitrogens is 1. The first-order chi connectivity index (χ1) is 9.70. The first kappa shape index (κ1) is 14.3. The molecule has 1 aliphatic rings. The van der Waals surface area contributed by atoms with Gasteiger partial charge >= 0.3 is 0 Å². The molecule has 1 aliphatic heterocycles. The zero-order valence-corrected chi connectivity index (χ0v) is 11.5. The summed E-state index contributed by atoms with van der Waals surface area (Å²) in [5.74, 6) is -0.0259. The van der Waals surface area contributed by atoms with Gasteiger partial charge in [0, 0.05) is 26.2 Å². The summed E-state index contributed by atoms with van der Waals surface area (Å²) in [4.78, 5) is 14.0. The molecule has 20 heavy (non-hydrogen) atoms. The maximum Gasteiger partial charge on any atom is 0.162 e. The Labute approximate surface area is 118 Å². The highest BCUT2D eigenvalue weighted by atomic mass is 19.1. The lowest BCUT2D eigenvalue weighted by Gasteiger charge is -2.29. The number of pyridine rings is 1. The van der Waals surface area contributed by atoms with Crippen molar-refractivity contribution >= 4 is 23.9 Å². The van der Waals surface area contributed by atoms with E-state index in [1.165, 1.54) is 0 Å². The second-order valence-electron chi connectivity index (χ2n) is 4.47. The quantitative estimate of drug-likeness (QED) is 0.856. The molecule has 0 saturated carbocycles. The molecule has 0 amide bonds. The fraction of sp³-hybridized carbons (Fsp3) is 0.357. The van der Waals surface area contributed by atoms with Gasteiger partial charge in [-0.05, 0) is 25.8 Å². The van der Waals surface area contributed by atoms with E-state index < -0.39 is 5.83 Å². The van der Waals surface area contributed by atoms with Gasteiger partial charge in [-0.3, -0.25) is 4.99 Å². The van der Waals surface area contributed by atoms with Gasteiger partial charge < -0.3 is 10.2 Å². The molecule has 0 aliphatic carbocycles. The molecule has 5 nitrogen and oxygen atoms in total. The van der Waals surface area contributed by atoms with E-state index in [9.17, 15) is 4.39 Å². The van der Waals surface area contributed by atoms with Crippen molar-refractivity contribution in [2.75, 3.05) is 31.1 Å². The number of piperazine rings is 1. The molecular formula is C14H18FN5. The molecule has 1 N–H and O–H groups in total.